The molecule has 1 unspecified atom stereocenters. The predicted molar refractivity (Wildman–Crippen MR) is 124 cm³/mol. The van der Waals surface area contributed by atoms with Crippen molar-refractivity contribution in [2.24, 2.45) is 0 Å². The fourth-order valence-electron chi connectivity index (χ4n) is 3.34. The zero-order chi connectivity index (χ0) is 23.6. The van der Waals surface area contributed by atoms with E-state index in [0.717, 1.165) is 17.0 Å². The maximum absolute atomic E-state index is 13.8. The number of allylic oxidation sites excluding steroid dienone is 1. The number of hydrogen-bond donors (Lipinski definition) is 1. The molecule has 2 aromatic carbocycles. The third-order valence-corrected chi connectivity index (χ3v) is 5.02. The third kappa shape index (κ3) is 7.02. The Balaban J connectivity index is 1.60. The number of carbonyl (C=O) groups is 1. The average molecular weight is 454 g/mol. The quantitative estimate of drug-likeness (QED) is 0.379. The summed E-state index contributed by atoms with van der Waals surface area (Å²) in [4.78, 5) is 15.7. The van der Waals surface area contributed by atoms with Crippen LogP contribution in [0.25, 0.3) is 17.5 Å². The molecule has 7 heteroatoms. The molecule has 0 saturated carbocycles. The number of carboxylic acid groups (broad SMARTS) is 1. The molecule has 1 aromatic heterocycles. The number of benzene rings is 2. The molecule has 0 aliphatic carbocycles. The molecule has 1 N–H and O–H groups in total. The van der Waals surface area contributed by atoms with Gasteiger partial charge in [0.2, 0.25) is 5.89 Å². The fraction of sp³-hybridized carbons (Fsp3) is 0.308. The molecule has 0 aliphatic rings. The Morgan fingerprint density at radius 1 is 1.24 bits per heavy atom. The molecule has 1 heterocycles. The van der Waals surface area contributed by atoms with Gasteiger partial charge in [0.15, 0.2) is 6.10 Å². The van der Waals surface area contributed by atoms with E-state index in [0.29, 0.717) is 49.7 Å². The minimum absolute atomic E-state index is 0.334. The van der Waals surface area contributed by atoms with E-state index in [1.54, 1.807) is 25.1 Å². The van der Waals surface area contributed by atoms with E-state index in [2.05, 4.69) is 4.98 Å². The van der Waals surface area contributed by atoms with Gasteiger partial charge in [0.1, 0.15) is 17.3 Å². The lowest BCUT2D eigenvalue weighted by Crippen LogP contribution is -2.23. The van der Waals surface area contributed by atoms with Crippen molar-refractivity contribution in [3.05, 3.63) is 77.4 Å². The number of hydrogen-bond acceptors (Lipinski definition) is 5. The lowest BCUT2D eigenvalue weighted by atomic mass is 10.1. The van der Waals surface area contributed by atoms with Crippen molar-refractivity contribution in [1.82, 2.24) is 4.98 Å². The van der Waals surface area contributed by atoms with E-state index in [-0.39, 0.29) is 5.82 Å². The smallest absolute Gasteiger partial charge is 0.332 e. The topological polar surface area (TPSA) is 81.8 Å². The maximum atomic E-state index is 13.8. The van der Waals surface area contributed by atoms with Gasteiger partial charge < -0.3 is 19.0 Å². The van der Waals surface area contributed by atoms with E-state index in [1.807, 2.05) is 37.3 Å². The van der Waals surface area contributed by atoms with Crippen molar-refractivity contribution in [1.29, 1.82) is 0 Å². The van der Waals surface area contributed by atoms with Crippen LogP contribution in [0, 0.1) is 12.7 Å². The molecule has 0 fully saturated rings. The van der Waals surface area contributed by atoms with Gasteiger partial charge in [0, 0.05) is 24.2 Å². The van der Waals surface area contributed by atoms with Crippen molar-refractivity contribution >= 4 is 12.0 Å². The van der Waals surface area contributed by atoms with Crippen LogP contribution >= 0.6 is 0 Å². The minimum atomic E-state index is -0.987. The van der Waals surface area contributed by atoms with Crippen molar-refractivity contribution in [3.63, 3.8) is 0 Å². The SMILES string of the molecule is CCOC(CC/C=C/c1cc(F)ccc1OCCc1nc(-c2ccccc2)oc1C)C(=O)O. The molecule has 0 spiro atoms. The molecule has 1 atom stereocenters. The van der Waals surface area contributed by atoms with Crippen molar-refractivity contribution in [3.8, 4) is 17.2 Å². The van der Waals surface area contributed by atoms with Crippen molar-refractivity contribution < 1.29 is 28.2 Å². The van der Waals surface area contributed by atoms with Crippen LogP contribution in [0.2, 0.25) is 0 Å². The van der Waals surface area contributed by atoms with Gasteiger partial charge in [0.25, 0.3) is 0 Å². The second-order valence-electron chi connectivity index (χ2n) is 7.43. The summed E-state index contributed by atoms with van der Waals surface area (Å²) in [5.74, 6) is 0.481. The van der Waals surface area contributed by atoms with Crippen LogP contribution in [0.4, 0.5) is 4.39 Å². The molecule has 0 radical (unpaired) electrons. The zero-order valence-electron chi connectivity index (χ0n) is 18.8. The Kier molecular flexibility index (Phi) is 8.78. The van der Waals surface area contributed by atoms with Crippen LogP contribution in [-0.4, -0.2) is 35.4 Å². The van der Waals surface area contributed by atoms with Crippen molar-refractivity contribution in [2.45, 2.75) is 39.2 Å². The van der Waals surface area contributed by atoms with Crippen LogP contribution in [-0.2, 0) is 16.0 Å². The summed E-state index contributed by atoms with van der Waals surface area (Å²) in [6.45, 7) is 4.30. The van der Waals surface area contributed by atoms with Gasteiger partial charge in [-0.3, -0.25) is 0 Å². The number of rotatable bonds is 12. The lowest BCUT2D eigenvalue weighted by Gasteiger charge is -2.11. The minimum Gasteiger partial charge on any atom is -0.493 e. The molecule has 0 bridgehead atoms. The van der Waals surface area contributed by atoms with E-state index in [4.69, 9.17) is 19.0 Å². The number of aliphatic carboxylic acids is 1. The first-order valence-corrected chi connectivity index (χ1v) is 10.9. The Bertz CT molecular complexity index is 1080. The van der Waals surface area contributed by atoms with Crippen LogP contribution in [0.15, 0.2) is 59.0 Å². The van der Waals surface area contributed by atoms with Crippen LogP contribution < -0.4 is 4.74 Å². The maximum Gasteiger partial charge on any atom is 0.332 e. The standard InChI is InChI=1S/C26H28FNO5/c1-3-31-24(26(29)30)12-8-7-11-20-17-21(27)13-14-23(20)32-16-15-22-18(2)33-25(28-22)19-9-5-4-6-10-19/h4-7,9-11,13-14,17,24H,3,8,12,15-16H2,1-2H3,(H,29,30)/b11-7+. The summed E-state index contributed by atoms with van der Waals surface area (Å²) in [6, 6.07) is 14.0. The number of halogens is 1. The van der Waals surface area contributed by atoms with Crippen LogP contribution in [0.1, 0.15) is 36.8 Å². The molecular weight excluding hydrogens is 425 g/mol. The molecular formula is C26H28FNO5. The van der Waals surface area contributed by atoms with E-state index in [1.165, 1.54) is 12.1 Å². The Labute approximate surface area is 192 Å². The fourth-order valence-corrected chi connectivity index (χ4v) is 3.34. The number of nitrogens with zero attached hydrogens (tertiary/aromatic N) is 1. The summed E-state index contributed by atoms with van der Waals surface area (Å²) < 4.78 is 30.7. The van der Waals surface area contributed by atoms with Crippen LogP contribution in [0.5, 0.6) is 5.75 Å². The monoisotopic (exact) mass is 453 g/mol. The highest BCUT2D eigenvalue weighted by Gasteiger charge is 2.16. The number of aryl methyl sites for hydroxylation is 1. The van der Waals surface area contributed by atoms with Gasteiger partial charge in [0.05, 0.1) is 12.3 Å². The highest BCUT2D eigenvalue weighted by Crippen LogP contribution is 2.24. The molecule has 0 saturated heterocycles. The number of oxazole rings is 1. The van der Waals surface area contributed by atoms with E-state index in [9.17, 15) is 9.18 Å². The first kappa shape index (κ1) is 24.2. The summed E-state index contributed by atoms with van der Waals surface area (Å²) in [5, 5.41) is 9.15. The largest absolute Gasteiger partial charge is 0.493 e. The predicted octanol–water partition coefficient (Wildman–Crippen LogP) is 5.69. The summed E-state index contributed by atoms with van der Waals surface area (Å²) >= 11 is 0. The van der Waals surface area contributed by atoms with Gasteiger partial charge in [-0.1, -0.05) is 30.4 Å². The number of ether oxygens (including phenoxy) is 2. The van der Waals surface area contributed by atoms with E-state index >= 15 is 0 Å². The summed E-state index contributed by atoms with van der Waals surface area (Å²) in [7, 11) is 0. The first-order valence-electron chi connectivity index (χ1n) is 10.9. The van der Waals surface area contributed by atoms with Crippen LogP contribution in [0.3, 0.4) is 0 Å². The van der Waals surface area contributed by atoms with Gasteiger partial charge in [-0.2, -0.15) is 0 Å². The second-order valence-corrected chi connectivity index (χ2v) is 7.43. The third-order valence-electron chi connectivity index (χ3n) is 5.02. The van der Waals surface area contributed by atoms with E-state index < -0.39 is 12.1 Å². The molecule has 174 valence electrons. The molecule has 33 heavy (non-hydrogen) atoms. The summed E-state index contributed by atoms with van der Waals surface area (Å²) in [6.07, 6.45) is 4.03. The van der Waals surface area contributed by atoms with Gasteiger partial charge in [-0.15, -0.1) is 0 Å². The highest BCUT2D eigenvalue weighted by atomic mass is 19.1. The van der Waals surface area contributed by atoms with Gasteiger partial charge >= 0.3 is 5.97 Å². The number of carboxylic acids is 1. The highest BCUT2D eigenvalue weighted by molar-refractivity contribution is 5.72. The van der Waals surface area contributed by atoms with Crippen molar-refractivity contribution in [2.75, 3.05) is 13.2 Å². The van der Waals surface area contributed by atoms with Gasteiger partial charge in [-0.05, 0) is 57.0 Å². The average Bonchev–Trinajstić information content (AvgIpc) is 3.18. The molecule has 3 aromatic rings. The zero-order valence-corrected chi connectivity index (χ0v) is 18.8. The molecule has 3 rings (SSSR count). The molecule has 6 nitrogen and oxygen atoms in total. The first-order chi connectivity index (χ1) is 16.0. The Morgan fingerprint density at radius 2 is 2.03 bits per heavy atom. The molecule has 0 amide bonds. The second kappa shape index (κ2) is 12.0. The Morgan fingerprint density at radius 3 is 2.76 bits per heavy atom. The normalized spacial score (nSPS) is 12.2. The summed E-state index contributed by atoms with van der Waals surface area (Å²) in [5.41, 5.74) is 2.30. The number of aromatic nitrogens is 1. The Hall–Kier alpha value is -3.45. The lowest BCUT2D eigenvalue weighted by molar-refractivity contribution is -0.150. The van der Waals surface area contributed by atoms with Gasteiger partial charge in [-0.25, -0.2) is 14.2 Å². The molecule has 0 aliphatic heterocycles.